The van der Waals surface area contributed by atoms with Gasteiger partial charge >= 0.3 is 12.4 Å². The molecule has 220 valence electrons. The molecule has 17 heteroatoms. The van der Waals surface area contributed by atoms with Crippen molar-refractivity contribution in [1.29, 1.82) is 0 Å². The maximum absolute atomic E-state index is 14.7. The molecule has 0 aromatic carbocycles. The Bertz CT molecular complexity index is 1550. The lowest BCUT2D eigenvalue weighted by atomic mass is 9.98. The Balaban J connectivity index is 1.62. The summed E-state index contributed by atoms with van der Waals surface area (Å²) in [5, 5.41) is -0.0239. The van der Waals surface area contributed by atoms with Gasteiger partial charge in [-0.25, -0.2) is 22.8 Å². The van der Waals surface area contributed by atoms with Gasteiger partial charge in [-0.2, -0.15) is 30.6 Å². The summed E-state index contributed by atoms with van der Waals surface area (Å²) in [6.07, 6.45) is -9.05. The van der Waals surface area contributed by atoms with E-state index >= 15 is 0 Å². The second kappa shape index (κ2) is 11.2. The summed E-state index contributed by atoms with van der Waals surface area (Å²) in [4.78, 5) is 26.5. The van der Waals surface area contributed by atoms with Crippen molar-refractivity contribution in [2.45, 2.75) is 61.7 Å². The topological polar surface area (TPSA) is 106 Å². The summed E-state index contributed by atoms with van der Waals surface area (Å²) in [6.45, 7) is 1.26. The molecule has 4 heterocycles. The average Bonchev–Trinajstić information content (AvgIpc) is 3.20. The Morgan fingerprint density at radius 2 is 1.66 bits per heavy atom. The van der Waals surface area contributed by atoms with E-state index < -0.39 is 82.6 Å². The molecule has 4 rings (SSSR count). The van der Waals surface area contributed by atoms with Crippen LogP contribution >= 0.6 is 11.6 Å². The van der Waals surface area contributed by atoms with E-state index in [1.54, 1.807) is 0 Å². The third-order valence-corrected chi connectivity index (χ3v) is 8.61. The standard InChI is InChI=1S/C24H19ClF7N5O3S/c1-12-18(26)6-20(37(12)41(39,40)16-5-15(25)9-33-10-16)21(38)3-2-13-4-19(34-11-17(13)23(27,28)29)14-7-35-22(36-8-14)24(30,31)32/h4-5,7-12,18,20H,2-3,6H2,1H3/t12-,18+,20-/m0/s1. The van der Waals surface area contributed by atoms with Crippen LogP contribution in [0.4, 0.5) is 30.7 Å². The molecule has 0 spiro atoms. The molecule has 1 fully saturated rings. The number of hydrogen-bond acceptors (Lipinski definition) is 7. The maximum Gasteiger partial charge on any atom is 0.451 e. The molecular weight excluding hydrogens is 607 g/mol. The quantitative estimate of drug-likeness (QED) is 0.328. The molecule has 1 saturated heterocycles. The van der Waals surface area contributed by atoms with Crippen molar-refractivity contribution in [3.05, 3.63) is 65.1 Å². The van der Waals surface area contributed by atoms with Gasteiger partial charge in [-0.15, -0.1) is 0 Å². The molecule has 3 aromatic heterocycles. The number of rotatable bonds is 7. The molecule has 0 aliphatic carbocycles. The van der Waals surface area contributed by atoms with Crippen LogP contribution in [-0.4, -0.2) is 56.7 Å². The van der Waals surface area contributed by atoms with Crippen LogP contribution < -0.4 is 0 Å². The molecule has 3 atom stereocenters. The molecule has 3 aromatic rings. The smallest absolute Gasteiger partial charge is 0.298 e. The number of carbonyl (C=O) groups excluding carboxylic acids is 1. The van der Waals surface area contributed by atoms with E-state index in [-0.39, 0.29) is 21.2 Å². The van der Waals surface area contributed by atoms with Gasteiger partial charge in [-0.3, -0.25) is 14.8 Å². The monoisotopic (exact) mass is 625 g/mol. The number of sulfonamides is 1. The number of ketones is 1. The van der Waals surface area contributed by atoms with Gasteiger partial charge in [0, 0.05) is 49.4 Å². The van der Waals surface area contributed by atoms with E-state index in [9.17, 15) is 43.9 Å². The molecule has 0 amide bonds. The highest BCUT2D eigenvalue weighted by atomic mass is 35.5. The number of nitrogens with zero attached hydrogens (tertiary/aromatic N) is 5. The molecule has 0 saturated carbocycles. The van der Waals surface area contributed by atoms with Gasteiger partial charge in [0.15, 0.2) is 5.78 Å². The third-order valence-electron chi connectivity index (χ3n) is 6.44. The minimum atomic E-state index is -4.90. The van der Waals surface area contributed by atoms with Gasteiger partial charge in [0.1, 0.15) is 11.1 Å². The zero-order valence-electron chi connectivity index (χ0n) is 20.8. The molecule has 1 aliphatic heterocycles. The zero-order chi connectivity index (χ0) is 30.3. The molecule has 0 radical (unpaired) electrons. The summed E-state index contributed by atoms with van der Waals surface area (Å²) in [5.41, 5.74) is -1.95. The number of Topliss-reactive ketones (excluding diaryl/α,β-unsaturated/α-hetero) is 1. The summed E-state index contributed by atoms with van der Waals surface area (Å²) in [7, 11) is -4.47. The lowest BCUT2D eigenvalue weighted by molar-refractivity contribution is -0.145. The highest BCUT2D eigenvalue weighted by Gasteiger charge is 2.49. The summed E-state index contributed by atoms with van der Waals surface area (Å²) >= 11 is 5.83. The Morgan fingerprint density at radius 3 is 2.24 bits per heavy atom. The third kappa shape index (κ3) is 6.48. The van der Waals surface area contributed by atoms with E-state index in [4.69, 9.17) is 11.6 Å². The first kappa shape index (κ1) is 30.7. The number of alkyl halides is 7. The summed E-state index contributed by atoms with van der Waals surface area (Å²) in [6, 6.07) is -0.763. The van der Waals surface area contributed by atoms with Crippen LogP contribution in [0, 0.1) is 0 Å². The predicted molar refractivity (Wildman–Crippen MR) is 130 cm³/mol. The highest BCUT2D eigenvalue weighted by molar-refractivity contribution is 7.89. The SMILES string of the molecule is C[C@H]1[C@H](F)C[C@@H](C(=O)CCc2cc(-c3cnc(C(F)(F)F)nc3)ncc2C(F)(F)F)N1S(=O)(=O)c1cncc(Cl)c1. The van der Waals surface area contributed by atoms with E-state index in [2.05, 4.69) is 19.9 Å². The average molecular weight is 626 g/mol. The van der Waals surface area contributed by atoms with E-state index in [1.165, 1.54) is 13.1 Å². The largest absolute Gasteiger partial charge is 0.451 e. The zero-order valence-corrected chi connectivity index (χ0v) is 22.4. The van der Waals surface area contributed by atoms with Crippen molar-refractivity contribution in [1.82, 2.24) is 24.2 Å². The van der Waals surface area contributed by atoms with E-state index in [0.717, 1.165) is 30.7 Å². The Labute approximate surface area is 233 Å². The molecule has 8 nitrogen and oxygen atoms in total. The van der Waals surface area contributed by atoms with Gasteiger partial charge in [-0.05, 0) is 31.0 Å². The molecule has 0 unspecified atom stereocenters. The van der Waals surface area contributed by atoms with Crippen molar-refractivity contribution in [2.24, 2.45) is 0 Å². The fourth-order valence-corrected chi connectivity index (χ4v) is 6.48. The van der Waals surface area contributed by atoms with Crippen LogP contribution in [0.3, 0.4) is 0 Å². The summed E-state index contributed by atoms with van der Waals surface area (Å²) < 4.78 is 121. The van der Waals surface area contributed by atoms with Gasteiger partial charge in [0.25, 0.3) is 0 Å². The van der Waals surface area contributed by atoms with Crippen LogP contribution in [0.2, 0.25) is 5.02 Å². The minimum Gasteiger partial charge on any atom is -0.298 e. The number of carbonyl (C=O) groups is 1. The molecule has 0 N–H and O–H groups in total. The first-order chi connectivity index (χ1) is 19.0. The lowest BCUT2D eigenvalue weighted by Crippen LogP contribution is -2.44. The van der Waals surface area contributed by atoms with Crippen LogP contribution in [0.5, 0.6) is 0 Å². The predicted octanol–water partition coefficient (Wildman–Crippen LogP) is 5.32. The molecule has 0 bridgehead atoms. The second-order valence-electron chi connectivity index (χ2n) is 9.17. The van der Waals surface area contributed by atoms with Gasteiger partial charge in [0.05, 0.1) is 28.4 Å². The van der Waals surface area contributed by atoms with E-state index in [1.807, 2.05) is 0 Å². The van der Waals surface area contributed by atoms with Crippen molar-refractivity contribution >= 4 is 27.4 Å². The van der Waals surface area contributed by atoms with Crippen LogP contribution in [0.15, 0.2) is 48.0 Å². The van der Waals surface area contributed by atoms with Crippen molar-refractivity contribution in [2.75, 3.05) is 0 Å². The van der Waals surface area contributed by atoms with Crippen molar-refractivity contribution in [3.63, 3.8) is 0 Å². The first-order valence-corrected chi connectivity index (χ1v) is 13.6. The fourth-order valence-electron chi connectivity index (χ4n) is 4.42. The number of aryl methyl sites for hydroxylation is 1. The van der Waals surface area contributed by atoms with Gasteiger partial charge in [0.2, 0.25) is 15.8 Å². The second-order valence-corrected chi connectivity index (χ2v) is 11.4. The van der Waals surface area contributed by atoms with Gasteiger partial charge in [-0.1, -0.05) is 11.6 Å². The van der Waals surface area contributed by atoms with Crippen molar-refractivity contribution < 1.29 is 43.9 Å². The Hall–Kier alpha value is -3.24. The molecular formula is C24H19ClF7N5O3S. The number of pyridine rings is 2. The highest BCUT2D eigenvalue weighted by Crippen LogP contribution is 2.37. The number of hydrogen-bond donors (Lipinski definition) is 0. The number of halogens is 8. The van der Waals surface area contributed by atoms with Crippen LogP contribution in [-0.2, 0) is 33.6 Å². The first-order valence-electron chi connectivity index (χ1n) is 11.8. The Morgan fingerprint density at radius 1 is 1.00 bits per heavy atom. The lowest BCUT2D eigenvalue weighted by Gasteiger charge is -2.26. The summed E-state index contributed by atoms with van der Waals surface area (Å²) in [5.74, 6) is -2.29. The number of aromatic nitrogens is 4. The molecule has 41 heavy (non-hydrogen) atoms. The maximum atomic E-state index is 14.7. The van der Waals surface area contributed by atoms with Crippen LogP contribution in [0.1, 0.15) is 36.7 Å². The van der Waals surface area contributed by atoms with Gasteiger partial charge < -0.3 is 0 Å². The minimum absolute atomic E-state index is 0.0239. The molecule has 1 aliphatic rings. The fraction of sp³-hybridized carbons (Fsp3) is 0.375. The van der Waals surface area contributed by atoms with Crippen molar-refractivity contribution in [3.8, 4) is 11.3 Å². The Kier molecular flexibility index (Phi) is 8.40. The van der Waals surface area contributed by atoms with Crippen LogP contribution in [0.25, 0.3) is 11.3 Å². The normalized spacial score (nSPS) is 20.4. The van der Waals surface area contributed by atoms with E-state index in [0.29, 0.717) is 10.5 Å².